The number of benzene rings is 1. The summed E-state index contributed by atoms with van der Waals surface area (Å²) in [6, 6.07) is 4.37. The molecule has 3 heteroatoms. The van der Waals surface area contributed by atoms with Gasteiger partial charge in [0.15, 0.2) is 0 Å². The molecule has 1 aromatic rings. The normalized spacial score (nSPS) is 19.9. The maximum Gasteiger partial charge on any atom is 0.315 e. The lowest BCUT2D eigenvalue weighted by Gasteiger charge is -2.16. The molecule has 1 heterocycles. The molecule has 1 aliphatic rings. The molecule has 1 saturated heterocycles. The molecule has 0 spiro atoms. The van der Waals surface area contributed by atoms with Crippen molar-refractivity contribution >= 4 is 6.03 Å². The average molecular weight is 204 g/mol. The standard InChI is InChI=1S/C12H16N2O/c1-7-4-8(2)11(9(3)5-7)10-6-13-12(15)14-10/h4-5,10H,6H2,1-3H3,(H2,13,14,15)/t10-/m0/s1. The van der Waals surface area contributed by atoms with E-state index in [1.165, 1.54) is 22.3 Å². The van der Waals surface area contributed by atoms with Crippen molar-refractivity contribution in [2.75, 3.05) is 6.54 Å². The molecule has 1 aromatic carbocycles. The molecular formula is C12H16N2O. The number of amides is 2. The van der Waals surface area contributed by atoms with Gasteiger partial charge in [-0.1, -0.05) is 17.7 Å². The van der Waals surface area contributed by atoms with Crippen LogP contribution in [-0.2, 0) is 0 Å². The minimum absolute atomic E-state index is 0.0700. The van der Waals surface area contributed by atoms with Gasteiger partial charge in [-0.15, -0.1) is 0 Å². The van der Waals surface area contributed by atoms with Crippen LogP contribution in [-0.4, -0.2) is 12.6 Å². The number of nitrogens with one attached hydrogen (secondary N) is 2. The fourth-order valence-electron chi connectivity index (χ4n) is 2.37. The minimum Gasteiger partial charge on any atom is -0.336 e. The molecule has 2 N–H and O–H groups in total. The summed E-state index contributed by atoms with van der Waals surface area (Å²) in [5.74, 6) is 0. The van der Waals surface area contributed by atoms with Crippen LogP contribution in [0.1, 0.15) is 28.3 Å². The van der Waals surface area contributed by atoms with Gasteiger partial charge in [0, 0.05) is 6.54 Å². The summed E-state index contributed by atoms with van der Waals surface area (Å²) in [5.41, 5.74) is 5.02. The second-order valence-corrected chi connectivity index (χ2v) is 4.22. The summed E-state index contributed by atoms with van der Waals surface area (Å²) >= 11 is 0. The highest BCUT2D eigenvalue weighted by atomic mass is 16.2. The van der Waals surface area contributed by atoms with Crippen molar-refractivity contribution in [1.82, 2.24) is 10.6 Å². The molecule has 1 atom stereocenters. The van der Waals surface area contributed by atoms with Crippen LogP contribution in [0.25, 0.3) is 0 Å². The number of urea groups is 1. The summed E-state index contributed by atoms with van der Waals surface area (Å²) < 4.78 is 0. The van der Waals surface area contributed by atoms with Gasteiger partial charge in [-0.25, -0.2) is 4.79 Å². The van der Waals surface area contributed by atoms with Gasteiger partial charge in [-0.2, -0.15) is 0 Å². The maximum atomic E-state index is 11.1. The van der Waals surface area contributed by atoms with E-state index in [9.17, 15) is 4.79 Å². The Kier molecular flexibility index (Phi) is 2.39. The molecular weight excluding hydrogens is 188 g/mol. The molecule has 0 aliphatic carbocycles. The van der Waals surface area contributed by atoms with E-state index in [1.54, 1.807) is 0 Å². The lowest BCUT2D eigenvalue weighted by Crippen LogP contribution is -2.22. The monoisotopic (exact) mass is 204 g/mol. The van der Waals surface area contributed by atoms with Crippen LogP contribution in [0.3, 0.4) is 0 Å². The first kappa shape index (κ1) is 10.0. The predicted octanol–water partition coefficient (Wildman–Crippen LogP) is 1.97. The first-order valence-corrected chi connectivity index (χ1v) is 5.20. The highest BCUT2D eigenvalue weighted by molar-refractivity contribution is 5.77. The average Bonchev–Trinajstić information content (AvgIpc) is 2.49. The third-order valence-corrected chi connectivity index (χ3v) is 2.86. The molecule has 0 saturated carbocycles. The van der Waals surface area contributed by atoms with Crippen molar-refractivity contribution in [3.63, 3.8) is 0 Å². The molecule has 0 radical (unpaired) electrons. The Morgan fingerprint density at radius 2 is 1.80 bits per heavy atom. The summed E-state index contributed by atoms with van der Waals surface area (Å²) in [7, 11) is 0. The highest BCUT2D eigenvalue weighted by Gasteiger charge is 2.24. The van der Waals surface area contributed by atoms with Crippen LogP contribution in [0.4, 0.5) is 4.79 Å². The van der Waals surface area contributed by atoms with E-state index in [2.05, 4.69) is 43.5 Å². The zero-order valence-corrected chi connectivity index (χ0v) is 9.35. The van der Waals surface area contributed by atoms with Gasteiger partial charge in [0.05, 0.1) is 6.04 Å². The van der Waals surface area contributed by atoms with E-state index in [0.29, 0.717) is 6.54 Å². The third kappa shape index (κ3) is 1.82. The Hall–Kier alpha value is -1.51. The minimum atomic E-state index is -0.0700. The molecule has 3 nitrogen and oxygen atoms in total. The first-order chi connectivity index (χ1) is 7.08. The van der Waals surface area contributed by atoms with E-state index in [-0.39, 0.29) is 12.1 Å². The second-order valence-electron chi connectivity index (χ2n) is 4.22. The van der Waals surface area contributed by atoms with Crippen molar-refractivity contribution in [2.24, 2.45) is 0 Å². The van der Waals surface area contributed by atoms with Crippen LogP contribution in [0.15, 0.2) is 12.1 Å². The second kappa shape index (κ2) is 3.57. The highest BCUT2D eigenvalue weighted by Crippen LogP contribution is 2.24. The van der Waals surface area contributed by atoms with E-state index in [1.807, 2.05) is 0 Å². The van der Waals surface area contributed by atoms with Crippen molar-refractivity contribution < 1.29 is 4.79 Å². The van der Waals surface area contributed by atoms with Crippen LogP contribution in [0, 0.1) is 20.8 Å². The predicted molar refractivity (Wildman–Crippen MR) is 59.9 cm³/mol. The van der Waals surface area contributed by atoms with Gasteiger partial charge in [0.25, 0.3) is 0 Å². The molecule has 1 aliphatic heterocycles. The Morgan fingerprint density at radius 3 is 2.27 bits per heavy atom. The number of aryl methyl sites for hydroxylation is 3. The van der Waals surface area contributed by atoms with Gasteiger partial charge in [-0.05, 0) is 37.5 Å². The smallest absolute Gasteiger partial charge is 0.315 e. The lowest BCUT2D eigenvalue weighted by molar-refractivity contribution is 0.247. The Balaban J connectivity index is 2.39. The molecule has 2 rings (SSSR count). The third-order valence-electron chi connectivity index (χ3n) is 2.86. The van der Waals surface area contributed by atoms with Crippen LogP contribution < -0.4 is 10.6 Å². The number of hydrogen-bond acceptors (Lipinski definition) is 1. The zero-order valence-electron chi connectivity index (χ0n) is 9.35. The van der Waals surface area contributed by atoms with Crippen molar-refractivity contribution in [3.8, 4) is 0 Å². The molecule has 15 heavy (non-hydrogen) atoms. The van der Waals surface area contributed by atoms with E-state index < -0.39 is 0 Å². The van der Waals surface area contributed by atoms with Crippen molar-refractivity contribution in [2.45, 2.75) is 26.8 Å². The largest absolute Gasteiger partial charge is 0.336 e. The molecule has 80 valence electrons. The Labute approximate surface area is 89.9 Å². The lowest BCUT2D eigenvalue weighted by atomic mass is 9.94. The van der Waals surface area contributed by atoms with Crippen LogP contribution in [0.2, 0.25) is 0 Å². The van der Waals surface area contributed by atoms with Crippen LogP contribution in [0.5, 0.6) is 0 Å². The topological polar surface area (TPSA) is 41.1 Å². The van der Waals surface area contributed by atoms with Crippen LogP contribution >= 0.6 is 0 Å². The van der Waals surface area contributed by atoms with E-state index >= 15 is 0 Å². The quantitative estimate of drug-likeness (QED) is 0.721. The van der Waals surface area contributed by atoms with E-state index in [0.717, 1.165) is 0 Å². The molecule has 2 amide bonds. The zero-order chi connectivity index (χ0) is 11.0. The molecule has 1 fully saturated rings. The van der Waals surface area contributed by atoms with Gasteiger partial charge in [0.1, 0.15) is 0 Å². The summed E-state index contributed by atoms with van der Waals surface area (Å²) in [6.45, 7) is 6.97. The molecule has 0 unspecified atom stereocenters. The number of carbonyl (C=O) groups excluding carboxylic acids is 1. The summed E-state index contributed by atoms with van der Waals surface area (Å²) in [6.07, 6.45) is 0. The van der Waals surface area contributed by atoms with Gasteiger partial charge in [0.2, 0.25) is 0 Å². The fraction of sp³-hybridized carbons (Fsp3) is 0.417. The Bertz CT molecular complexity index is 389. The fourth-order valence-corrected chi connectivity index (χ4v) is 2.37. The summed E-state index contributed by atoms with van der Waals surface area (Å²) in [4.78, 5) is 11.1. The van der Waals surface area contributed by atoms with Gasteiger partial charge in [-0.3, -0.25) is 0 Å². The SMILES string of the molecule is Cc1cc(C)c([C@@H]2CNC(=O)N2)c(C)c1. The van der Waals surface area contributed by atoms with Gasteiger partial charge < -0.3 is 10.6 Å². The first-order valence-electron chi connectivity index (χ1n) is 5.20. The number of hydrogen-bond donors (Lipinski definition) is 2. The van der Waals surface area contributed by atoms with Crippen molar-refractivity contribution in [3.05, 3.63) is 34.4 Å². The number of carbonyl (C=O) groups is 1. The maximum absolute atomic E-state index is 11.1. The van der Waals surface area contributed by atoms with Gasteiger partial charge >= 0.3 is 6.03 Å². The summed E-state index contributed by atoms with van der Waals surface area (Å²) in [5, 5.41) is 5.71. The van der Waals surface area contributed by atoms with E-state index in [4.69, 9.17) is 0 Å². The van der Waals surface area contributed by atoms with Crippen molar-refractivity contribution in [1.29, 1.82) is 0 Å². The number of rotatable bonds is 1. The molecule has 0 bridgehead atoms. The molecule has 0 aromatic heterocycles. The Morgan fingerprint density at radius 1 is 1.20 bits per heavy atom.